The van der Waals surface area contributed by atoms with Gasteiger partial charge in [-0.25, -0.2) is 4.98 Å². The van der Waals surface area contributed by atoms with Crippen molar-refractivity contribution in [3.63, 3.8) is 0 Å². The molecule has 1 fully saturated rings. The van der Waals surface area contributed by atoms with Crippen LogP contribution in [0.15, 0.2) is 65.7 Å². The number of imidazole rings is 1. The lowest BCUT2D eigenvalue weighted by molar-refractivity contribution is 0.0595. The predicted octanol–water partition coefficient (Wildman–Crippen LogP) is 4.77. The highest BCUT2D eigenvalue weighted by molar-refractivity contribution is 5.97. The monoisotopic (exact) mass is 383 g/mol. The number of likely N-dealkylation sites (tertiary alicyclic amines) is 1. The average molecular weight is 383 g/mol. The van der Waals surface area contributed by atoms with E-state index in [9.17, 15) is 4.79 Å². The molecule has 0 bridgehead atoms. The van der Waals surface area contributed by atoms with E-state index < -0.39 is 0 Å². The lowest BCUT2D eigenvalue weighted by atomic mass is 9.87. The minimum absolute atomic E-state index is 0.124. The average Bonchev–Trinajstić information content (AvgIpc) is 3.51. The third-order valence-electron chi connectivity index (χ3n) is 6.54. The van der Waals surface area contributed by atoms with Gasteiger partial charge in [0.15, 0.2) is 0 Å². The summed E-state index contributed by atoms with van der Waals surface area (Å²) in [5.41, 5.74) is 7.59. The standard InChI is InChI=1S/C24H21N3O2/c28-24(17-5-6-21-22(11-17)26-14-25-21)27-8-1-2-19-20-10-15(18-7-9-29-13-18)3-4-16(20)12-23(19)27/h3-7,9-11,13-14,19,23H,1-2,8,12H2,(H,25,26). The SMILES string of the molecule is O=C(c1ccc2nc[nH]c2c1)N1CCCC2c3cc(-c4ccoc4)ccc3CC21. The van der Waals surface area contributed by atoms with E-state index in [1.807, 2.05) is 24.3 Å². The molecule has 1 saturated heterocycles. The van der Waals surface area contributed by atoms with Crippen LogP contribution in [0.1, 0.15) is 40.2 Å². The number of furan rings is 1. The number of hydrogen-bond donors (Lipinski definition) is 1. The Kier molecular flexibility index (Phi) is 3.63. The van der Waals surface area contributed by atoms with Gasteiger partial charge in [0, 0.05) is 29.6 Å². The topological polar surface area (TPSA) is 62.1 Å². The zero-order valence-corrected chi connectivity index (χ0v) is 16.0. The van der Waals surface area contributed by atoms with Crippen molar-refractivity contribution in [3.05, 3.63) is 78.0 Å². The third-order valence-corrected chi connectivity index (χ3v) is 6.54. The first-order valence-corrected chi connectivity index (χ1v) is 10.2. The van der Waals surface area contributed by atoms with E-state index in [-0.39, 0.29) is 11.9 Å². The fourth-order valence-electron chi connectivity index (χ4n) is 5.12. The number of nitrogens with zero attached hydrogens (tertiary/aromatic N) is 2. The Morgan fingerprint density at radius 1 is 1.14 bits per heavy atom. The second-order valence-corrected chi connectivity index (χ2v) is 8.08. The Morgan fingerprint density at radius 3 is 3.00 bits per heavy atom. The van der Waals surface area contributed by atoms with Crippen molar-refractivity contribution >= 4 is 16.9 Å². The summed E-state index contributed by atoms with van der Waals surface area (Å²) in [6.45, 7) is 0.823. The molecule has 29 heavy (non-hydrogen) atoms. The van der Waals surface area contributed by atoms with E-state index in [0.717, 1.165) is 48.0 Å². The maximum absolute atomic E-state index is 13.4. The van der Waals surface area contributed by atoms with E-state index in [1.165, 1.54) is 16.7 Å². The fourth-order valence-corrected chi connectivity index (χ4v) is 5.12. The number of carbonyl (C=O) groups is 1. The van der Waals surface area contributed by atoms with Crippen LogP contribution in [0.4, 0.5) is 0 Å². The van der Waals surface area contributed by atoms with Gasteiger partial charge in [0.25, 0.3) is 5.91 Å². The molecule has 2 unspecified atom stereocenters. The normalized spacial score (nSPS) is 20.6. The Morgan fingerprint density at radius 2 is 2.10 bits per heavy atom. The van der Waals surface area contributed by atoms with Crippen molar-refractivity contribution in [3.8, 4) is 11.1 Å². The lowest BCUT2D eigenvalue weighted by Crippen LogP contribution is -2.46. The molecule has 0 spiro atoms. The summed E-state index contributed by atoms with van der Waals surface area (Å²) in [5, 5.41) is 0. The Balaban J connectivity index is 1.33. The van der Waals surface area contributed by atoms with E-state index >= 15 is 0 Å². The highest BCUT2D eigenvalue weighted by atomic mass is 16.3. The van der Waals surface area contributed by atoms with E-state index in [4.69, 9.17) is 4.42 Å². The number of amides is 1. The van der Waals surface area contributed by atoms with Gasteiger partial charge in [-0.3, -0.25) is 4.79 Å². The number of aromatic amines is 1. The van der Waals surface area contributed by atoms with Gasteiger partial charge < -0.3 is 14.3 Å². The van der Waals surface area contributed by atoms with Gasteiger partial charge in [0.05, 0.1) is 29.9 Å². The minimum atomic E-state index is 0.124. The molecule has 6 rings (SSSR count). The molecule has 5 heteroatoms. The molecule has 1 aliphatic carbocycles. The number of rotatable bonds is 2. The number of hydrogen-bond acceptors (Lipinski definition) is 3. The molecule has 5 nitrogen and oxygen atoms in total. The summed E-state index contributed by atoms with van der Waals surface area (Å²) in [7, 11) is 0. The Bertz CT molecular complexity index is 1210. The highest BCUT2D eigenvalue weighted by Gasteiger charge is 2.41. The molecule has 4 aromatic rings. The van der Waals surface area contributed by atoms with Crippen LogP contribution in [0.2, 0.25) is 0 Å². The summed E-state index contributed by atoms with van der Waals surface area (Å²) in [4.78, 5) is 22.9. The lowest BCUT2D eigenvalue weighted by Gasteiger charge is -2.38. The molecule has 0 radical (unpaired) electrons. The van der Waals surface area contributed by atoms with E-state index in [0.29, 0.717) is 5.92 Å². The number of carbonyl (C=O) groups excluding carboxylic acids is 1. The number of fused-ring (bicyclic) bond motifs is 4. The predicted molar refractivity (Wildman–Crippen MR) is 111 cm³/mol. The summed E-state index contributed by atoms with van der Waals surface area (Å²) in [6.07, 6.45) is 8.27. The molecule has 2 aromatic carbocycles. The molecule has 1 aliphatic heterocycles. The minimum Gasteiger partial charge on any atom is -0.472 e. The smallest absolute Gasteiger partial charge is 0.254 e. The third kappa shape index (κ3) is 2.61. The van der Waals surface area contributed by atoms with Crippen LogP contribution in [0.25, 0.3) is 22.2 Å². The number of aromatic nitrogens is 2. The van der Waals surface area contributed by atoms with Crippen LogP contribution in [0.3, 0.4) is 0 Å². The van der Waals surface area contributed by atoms with Gasteiger partial charge in [0.2, 0.25) is 0 Å². The van der Waals surface area contributed by atoms with Crippen molar-refractivity contribution in [1.82, 2.24) is 14.9 Å². The van der Waals surface area contributed by atoms with Gasteiger partial charge in [-0.15, -0.1) is 0 Å². The van der Waals surface area contributed by atoms with Gasteiger partial charge in [0.1, 0.15) is 0 Å². The first-order chi connectivity index (χ1) is 14.3. The van der Waals surface area contributed by atoms with Crippen LogP contribution < -0.4 is 0 Å². The molecule has 2 atom stereocenters. The van der Waals surface area contributed by atoms with E-state index in [2.05, 4.69) is 33.1 Å². The second kappa shape index (κ2) is 6.34. The molecule has 144 valence electrons. The van der Waals surface area contributed by atoms with Gasteiger partial charge in [-0.1, -0.05) is 18.2 Å². The molecule has 1 amide bonds. The molecule has 2 aliphatic rings. The van der Waals surface area contributed by atoms with Crippen molar-refractivity contribution in [2.45, 2.75) is 31.2 Å². The molecule has 3 heterocycles. The highest BCUT2D eigenvalue weighted by Crippen LogP contribution is 2.44. The van der Waals surface area contributed by atoms with Crippen molar-refractivity contribution in [2.75, 3.05) is 6.54 Å². The molecular formula is C24H21N3O2. The van der Waals surface area contributed by atoms with Crippen LogP contribution in [-0.4, -0.2) is 33.4 Å². The van der Waals surface area contributed by atoms with Crippen molar-refractivity contribution in [2.24, 2.45) is 0 Å². The summed E-state index contributed by atoms with van der Waals surface area (Å²) < 4.78 is 5.26. The van der Waals surface area contributed by atoms with Gasteiger partial charge in [-0.05, 0) is 60.2 Å². The zero-order valence-electron chi connectivity index (χ0n) is 16.0. The van der Waals surface area contributed by atoms with Crippen LogP contribution in [-0.2, 0) is 6.42 Å². The van der Waals surface area contributed by atoms with Crippen LogP contribution in [0, 0.1) is 0 Å². The van der Waals surface area contributed by atoms with Crippen molar-refractivity contribution in [1.29, 1.82) is 0 Å². The molecular weight excluding hydrogens is 362 g/mol. The first kappa shape index (κ1) is 16.6. The number of nitrogens with one attached hydrogen (secondary N) is 1. The zero-order chi connectivity index (χ0) is 19.4. The van der Waals surface area contributed by atoms with E-state index in [1.54, 1.807) is 18.9 Å². The second-order valence-electron chi connectivity index (χ2n) is 8.08. The number of piperidine rings is 1. The maximum Gasteiger partial charge on any atom is 0.254 e. The Labute approximate surface area is 168 Å². The summed E-state index contributed by atoms with van der Waals surface area (Å²) in [5.74, 6) is 0.532. The van der Waals surface area contributed by atoms with Crippen LogP contribution >= 0.6 is 0 Å². The van der Waals surface area contributed by atoms with Crippen molar-refractivity contribution < 1.29 is 9.21 Å². The van der Waals surface area contributed by atoms with Gasteiger partial charge >= 0.3 is 0 Å². The Hall–Kier alpha value is -3.34. The summed E-state index contributed by atoms with van der Waals surface area (Å²) in [6, 6.07) is 14.7. The van der Waals surface area contributed by atoms with Crippen LogP contribution in [0.5, 0.6) is 0 Å². The number of benzene rings is 2. The quantitative estimate of drug-likeness (QED) is 0.542. The molecule has 2 aromatic heterocycles. The maximum atomic E-state index is 13.4. The number of H-pyrrole nitrogens is 1. The fraction of sp³-hybridized carbons (Fsp3) is 0.250. The first-order valence-electron chi connectivity index (χ1n) is 10.2. The molecule has 0 saturated carbocycles. The largest absolute Gasteiger partial charge is 0.472 e. The van der Waals surface area contributed by atoms with Gasteiger partial charge in [-0.2, -0.15) is 0 Å². The summed E-state index contributed by atoms with van der Waals surface area (Å²) >= 11 is 0. The molecule has 1 N–H and O–H groups in total.